The Morgan fingerprint density at radius 2 is 1.83 bits per heavy atom. The maximum absolute atomic E-state index is 12.4. The number of benzene rings is 2. The number of nitrogens with one attached hydrogen (secondary N) is 1. The third kappa shape index (κ3) is 3.30. The summed E-state index contributed by atoms with van der Waals surface area (Å²) in [6.07, 6.45) is 0. The molecule has 1 aromatic heterocycles. The zero-order valence-corrected chi connectivity index (χ0v) is 13.7. The number of ether oxygens (including phenoxy) is 1. The predicted octanol–water partition coefficient (Wildman–Crippen LogP) is 3.03. The fraction of sp³-hybridized carbons (Fsp3) is 0.158. The summed E-state index contributed by atoms with van der Waals surface area (Å²) in [4.78, 5) is 12.4. The van der Waals surface area contributed by atoms with Crippen molar-refractivity contribution >= 4 is 5.91 Å². The molecule has 0 fully saturated rings. The summed E-state index contributed by atoms with van der Waals surface area (Å²) in [7, 11) is 3.45. The van der Waals surface area contributed by atoms with Crippen molar-refractivity contribution in [2.75, 3.05) is 7.11 Å². The normalized spacial score (nSPS) is 10.4. The van der Waals surface area contributed by atoms with Crippen LogP contribution in [0.1, 0.15) is 16.1 Å². The van der Waals surface area contributed by atoms with Crippen LogP contribution in [0.25, 0.3) is 11.3 Å². The molecule has 5 heteroatoms. The molecule has 0 aliphatic rings. The van der Waals surface area contributed by atoms with Gasteiger partial charge in [-0.25, -0.2) is 0 Å². The van der Waals surface area contributed by atoms with E-state index in [1.165, 1.54) is 0 Å². The molecule has 0 radical (unpaired) electrons. The van der Waals surface area contributed by atoms with Gasteiger partial charge in [0, 0.05) is 19.2 Å². The molecule has 0 unspecified atom stereocenters. The molecule has 3 aromatic rings. The summed E-state index contributed by atoms with van der Waals surface area (Å²) in [5, 5.41) is 7.20. The number of carbonyl (C=O) groups is 1. The zero-order valence-electron chi connectivity index (χ0n) is 13.7. The lowest BCUT2D eigenvalue weighted by Crippen LogP contribution is -2.23. The lowest BCUT2D eigenvalue weighted by atomic mass is 10.1. The Bertz CT molecular complexity index is 841. The molecule has 122 valence electrons. The highest BCUT2D eigenvalue weighted by Gasteiger charge is 2.14. The molecule has 5 nitrogen and oxygen atoms in total. The van der Waals surface area contributed by atoms with E-state index < -0.39 is 0 Å². The van der Waals surface area contributed by atoms with Crippen LogP contribution in [0.5, 0.6) is 5.75 Å². The van der Waals surface area contributed by atoms with Crippen molar-refractivity contribution in [3.63, 3.8) is 0 Å². The van der Waals surface area contributed by atoms with Crippen molar-refractivity contribution in [1.29, 1.82) is 0 Å². The van der Waals surface area contributed by atoms with Crippen LogP contribution in [0, 0.1) is 0 Å². The first-order chi connectivity index (χ1) is 11.7. The molecular weight excluding hydrogens is 302 g/mol. The third-order valence-electron chi connectivity index (χ3n) is 3.81. The molecule has 1 N–H and O–H groups in total. The Labute approximate surface area is 140 Å². The highest BCUT2D eigenvalue weighted by Crippen LogP contribution is 2.20. The molecule has 3 rings (SSSR count). The molecule has 1 heterocycles. The van der Waals surface area contributed by atoms with Crippen molar-refractivity contribution < 1.29 is 9.53 Å². The third-order valence-corrected chi connectivity index (χ3v) is 3.81. The molecule has 0 aliphatic carbocycles. The zero-order chi connectivity index (χ0) is 16.9. The summed E-state index contributed by atoms with van der Waals surface area (Å²) in [5.41, 5.74) is 3.24. The maximum atomic E-state index is 12.4. The first-order valence-corrected chi connectivity index (χ1v) is 7.68. The highest BCUT2D eigenvalue weighted by atomic mass is 16.5. The van der Waals surface area contributed by atoms with E-state index in [-0.39, 0.29) is 5.91 Å². The topological polar surface area (TPSA) is 56.1 Å². The first-order valence-electron chi connectivity index (χ1n) is 7.68. The van der Waals surface area contributed by atoms with Gasteiger partial charge in [-0.3, -0.25) is 9.48 Å². The molecule has 2 aromatic carbocycles. The molecule has 1 amide bonds. The Hall–Kier alpha value is -3.08. The van der Waals surface area contributed by atoms with Crippen LogP contribution in [-0.4, -0.2) is 22.8 Å². The van der Waals surface area contributed by atoms with Crippen LogP contribution < -0.4 is 10.1 Å². The quantitative estimate of drug-likeness (QED) is 0.786. The van der Waals surface area contributed by atoms with E-state index >= 15 is 0 Å². The van der Waals surface area contributed by atoms with E-state index in [1.807, 2.05) is 61.6 Å². The fourth-order valence-corrected chi connectivity index (χ4v) is 2.57. The Morgan fingerprint density at radius 3 is 2.58 bits per heavy atom. The van der Waals surface area contributed by atoms with Crippen molar-refractivity contribution in [3.8, 4) is 17.0 Å². The Kier molecular flexibility index (Phi) is 4.61. The van der Waals surface area contributed by atoms with Gasteiger partial charge in [-0.1, -0.05) is 48.5 Å². The molecule has 0 aliphatic heterocycles. The van der Waals surface area contributed by atoms with E-state index in [2.05, 4.69) is 10.4 Å². The van der Waals surface area contributed by atoms with E-state index in [9.17, 15) is 4.79 Å². The van der Waals surface area contributed by atoms with Gasteiger partial charge in [0.2, 0.25) is 0 Å². The number of hydrogen-bond donors (Lipinski definition) is 1. The second-order valence-electron chi connectivity index (χ2n) is 5.40. The number of nitrogens with zero attached hydrogens (tertiary/aromatic N) is 2. The lowest BCUT2D eigenvalue weighted by molar-refractivity contribution is 0.0945. The lowest BCUT2D eigenvalue weighted by Gasteiger charge is -2.08. The highest BCUT2D eigenvalue weighted by molar-refractivity contribution is 5.93. The van der Waals surface area contributed by atoms with Gasteiger partial charge in [0.1, 0.15) is 5.75 Å². The number of aryl methyl sites for hydroxylation is 1. The minimum atomic E-state index is -0.210. The number of methoxy groups -OCH3 is 1. The Balaban J connectivity index is 1.74. The van der Waals surface area contributed by atoms with Crippen molar-refractivity contribution in [3.05, 3.63) is 71.9 Å². The van der Waals surface area contributed by atoms with Gasteiger partial charge in [-0.15, -0.1) is 0 Å². The van der Waals surface area contributed by atoms with E-state index in [4.69, 9.17) is 4.74 Å². The second kappa shape index (κ2) is 7.00. The van der Waals surface area contributed by atoms with E-state index in [1.54, 1.807) is 17.9 Å². The Morgan fingerprint density at radius 1 is 1.12 bits per heavy atom. The van der Waals surface area contributed by atoms with Gasteiger partial charge < -0.3 is 10.1 Å². The molecule has 0 atom stereocenters. The van der Waals surface area contributed by atoms with Crippen LogP contribution in [-0.2, 0) is 13.6 Å². The van der Waals surface area contributed by atoms with E-state index in [0.29, 0.717) is 12.2 Å². The smallest absolute Gasteiger partial charge is 0.272 e. The molecule has 0 bridgehead atoms. The average molecular weight is 321 g/mol. The first kappa shape index (κ1) is 15.8. The second-order valence-corrected chi connectivity index (χ2v) is 5.40. The van der Waals surface area contributed by atoms with Crippen LogP contribution in [0.3, 0.4) is 0 Å². The molecular formula is C19H19N3O2. The molecule has 24 heavy (non-hydrogen) atoms. The fourth-order valence-electron chi connectivity index (χ4n) is 2.57. The summed E-state index contributed by atoms with van der Waals surface area (Å²) in [6, 6.07) is 19.3. The van der Waals surface area contributed by atoms with Crippen LogP contribution in [0.4, 0.5) is 0 Å². The van der Waals surface area contributed by atoms with Crippen molar-refractivity contribution in [1.82, 2.24) is 15.1 Å². The minimum Gasteiger partial charge on any atom is -0.496 e. The number of amides is 1. The van der Waals surface area contributed by atoms with Gasteiger partial charge in [0.25, 0.3) is 5.91 Å². The van der Waals surface area contributed by atoms with Crippen molar-refractivity contribution in [2.24, 2.45) is 7.05 Å². The number of carbonyl (C=O) groups excluding carboxylic acids is 1. The van der Waals surface area contributed by atoms with Crippen LogP contribution in [0.2, 0.25) is 0 Å². The summed E-state index contributed by atoms with van der Waals surface area (Å²) >= 11 is 0. The largest absolute Gasteiger partial charge is 0.496 e. The summed E-state index contributed by atoms with van der Waals surface area (Å²) in [6.45, 7) is 0.389. The minimum absolute atomic E-state index is 0.210. The average Bonchev–Trinajstić information content (AvgIpc) is 3.02. The summed E-state index contributed by atoms with van der Waals surface area (Å²) < 4.78 is 7.01. The number of para-hydroxylation sites is 1. The van der Waals surface area contributed by atoms with Crippen molar-refractivity contribution in [2.45, 2.75) is 6.54 Å². The molecule has 0 saturated heterocycles. The van der Waals surface area contributed by atoms with Gasteiger partial charge >= 0.3 is 0 Å². The summed E-state index contributed by atoms with van der Waals surface area (Å²) in [5.74, 6) is 0.544. The number of aromatic nitrogens is 2. The van der Waals surface area contributed by atoms with Crippen LogP contribution in [0.15, 0.2) is 60.7 Å². The standard InChI is InChI=1S/C19H19N3O2/c1-22-17(14-8-4-3-5-9-14)12-16(21-22)19(23)20-13-15-10-6-7-11-18(15)24-2/h3-12H,13H2,1-2H3,(H,20,23). The number of rotatable bonds is 5. The van der Waals surface area contributed by atoms with Gasteiger partial charge in [-0.05, 0) is 17.7 Å². The molecule has 0 saturated carbocycles. The van der Waals surface area contributed by atoms with Gasteiger partial charge in [-0.2, -0.15) is 5.10 Å². The monoisotopic (exact) mass is 321 g/mol. The maximum Gasteiger partial charge on any atom is 0.272 e. The predicted molar refractivity (Wildman–Crippen MR) is 92.8 cm³/mol. The van der Waals surface area contributed by atoms with E-state index in [0.717, 1.165) is 22.6 Å². The SMILES string of the molecule is COc1ccccc1CNC(=O)c1cc(-c2ccccc2)n(C)n1. The van der Waals surface area contributed by atoms with Crippen LogP contribution >= 0.6 is 0 Å². The molecule has 0 spiro atoms. The van der Waals surface area contributed by atoms with Gasteiger partial charge in [0.05, 0.1) is 12.8 Å². The number of hydrogen-bond acceptors (Lipinski definition) is 3. The van der Waals surface area contributed by atoms with Gasteiger partial charge in [0.15, 0.2) is 5.69 Å².